The molecule has 1 aliphatic carbocycles. The first-order valence-corrected chi connectivity index (χ1v) is 16.8. The molecule has 1 aromatic heterocycles. The van der Waals surface area contributed by atoms with Crippen LogP contribution < -0.4 is 5.32 Å². The minimum Gasteiger partial charge on any atom is -0.358 e. The fourth-order valence-electron chi connectivity index (χ4n) is 5.89. The van der Waals surface area contributed by atoms with Crippen LogP contribution in [0.5, 0.6) is 0 Å². The molecule has 1 aromatic carbocycles. The summed E-state index contributed by atoms with van der Waals surface area (Å²) in [7, 11) is -3.69. The van der Waals surface area contributed by atoms with Gasteiger partial charge in [0.25, 0.3) is 11.8 Å². The van der Waals surface area contributed by atoms with Gasteiger partial charge in [-0.3, -0.25) is 9.59 Å². The minimum atomic E-state index is -3.69. The number of aryl methyl sites for hydroxylation is 1. The number of sulfone groups is 1. The van der Waals surface area contributed by atoms with Crippen molar-refractivity contribution in [3.8, 4) is 0 Å². The second kappa shape index (κ2) is 12.4. The van der Waals surface area contributed by atoms with Gasteiger partial charge >= 0.3 is 0 Å². The number of aromatic amines is 1. The van der Waals surface area contributed by atoms with Crippen molar-refractivity contribution in [1.29, 1.82) is 0 Å². The Morgan fingerprint density at radius 1 is 1.14 bits per heavy atom. The molecule has 11 heteroatoms. The van der Waals surface area contributed by atoms with E-state index in [1.54, 1.807) is 36.4 Å². The molecular formula is C31H36Cl2N4O4S. The minimum absolute atomic E-state index is 0.00536. The summed E-state index contributed by atoms with van der Waals surface area (Å²) in [5.74, 6) is -0.610. The molecule has 5 rings (SSSR count). The largest absolute Gasteiger partial charge is 0.358 e. The summed E-state index contributed by atoms with van der Waals surface area (Å²) < 4.78 is 26.9. The third kappa shape index (κ3) is 5.97. The highest BCUT2D eigenvalue weighted by Crippen LogP contribution is 2.36. The third-order valence-electron chi connectivity index (χ3n) is 8.44. The maximum Gasteiger partial charge on any atom is 0.256 e. The standard InChI is InChI=1S/C31H36Cl2N4O4S/c1-4-36(5-2)14-15-37-13-7-10-27-29(31(37)39)19(3)28(34-27)17-22-21-16-20(11-12-26(21)35-30(22)38)42(40,41)18-23-24(32)8-6-9-25(23)33/h6,8-9,12,16-17,20,34H,4-5,7,10-11,13-15,18H2,1-3H3,(H,35,38)/b22-17-. The smallest absolute Gasteiger partial charge is 0.256 e. The summed E-state index contributed by atoms with van der Waals surface area (Å²) in [4.78, 5) is 34.3. The first-order chi connectivity index (χ1) is 20.0. The molecule has 3 aliphatic rings. The average molecular weight is 632 g/mol. The van der Waals surface area contributed by atoms with Crippen LogP contribution in [0.3, 0.4) is 0 Å². The Morgan fingerprint density at radius 3 is 2.55 bits per heavy atom. The fraction of sp³-hybridized carbons (Fsp3) is 0.419. The van der Waals surface area contributed by atoms with E-state index in [1.165, 1.54) is 0 Å². The van der Waals surface area contributed by atoms with Gasteiger partial charge in [0.1, 0.15) is 0 Å². The number of carbonyl (C=O) groups is 2. The molecule has 0 saturated carbocycles. The summed E-state index contributed by atoms with van der Waals surface area (Å²) in [6.07, 6.45) is 6.93. The highest BCUT2D eigenvalue weighted by Gasteiger charge is 2.35. The molecular weight excluding hydrogens is 595 g/mol. The molecule has 0 spiro atoms. The topological polar surface area (TPSA) is 103 Å². The summed E-state index contributed by atoms with van der Waals surface area (Å²) in [5.41, 5.74) is 4.88. The van der Waals surface area contributed by atoms with Gasteiger partial charge < -0.3 is 20.1 Å². The maximum absolute atomic E-state index is 13.6. The number of hydrogen-bond acceptors (Lipinski definition) is 5. The molecule has 2 N–H and O–H groups in total. The highest BCUT2D eigenvalue weighted by molar-refractivity contribution is 7.91. The van der Waals surface area contributed by atoms with Crippen LogP contribution in [0.15, 0.2) is 47.2 Å². The van der Waals surface area contributed by atoms with Crippen LogP contribution in [0.4, 0.5) is 0 Å². The average Bonchev–Trinajstić information content (AvgIpc) is 3.38. The first-order valence-electron chi connectivity index (χ1n) is 14.4. The lowest BCUT2D eigenvalue weighted by Crippen LogP contribution is -2.38. The van der Waals surface area contributed by atoms with E-state index in [0.717, 1.165) is 43.7 Å². The van der Waals surface area contributed by atoms with Crippen molar-refractivity contribution < 1.29 is 18.0 Å². The van der Waals surface area contributed by atoms with Crippen molar-refractivity contribution in [3.05, 3.63) is 85.3 Å². The molecule has 0 bridgehead atoms. The molecule has 1 unspecified atom stereocenters. The fourth-order valence-corrected chi connectivity index (χ4v) is 8.24. The van der Waals surface area contributed by atoms with E-state index < -0.39 is 15.1 Å². The van der Waals surface area contributed by atoms with E-state index in [4.69, 9.17) is 23.2 Å². The quantitative estimate of drug-likeness (QED) is 0.377. The van der Waals surface area contributed by atoms with Crippen LogP contribution in [0.1, 0.15) is 59.6 Å². The van der Waals surface area contributed by atoms with Crippen LogP contribution in [0, 0.1) is 6.92 Å². The molecule has 1 fully saturated rings. The predicted molar refractivity (Wildman–Crippen MR) is 167 cm³/mol. The molecule has 3 heterocycles. The van der Waals surface area contributed by atoms with Gasteiger partial charge in [0.2, 0.25) is 0 Å². The number of H-pyrrole nitrogens is 1. The van der Waals surface area contributed by atoms with Crippen LogP contribution >= 0.6 is 23.2 Å². The number of hydrogen-bond donors (Lipinski definition) is 2. The number of benzene rings is 1. The molecule has 0 radical (unpaired) electrons. The Kier molecular flexibility index (Phi) is 9.04. The lowest BCUT2D eigenvalue weighted by molar-refractivity contribution is -0.115. The summed E-state index contributed by atoms with van der Waals surface area (Å²) in [6, 6.07) is 4.90. The van der Waals surface area contributed by atoms with Crippen LogP contribution in [-0.4, -0.2) is 73.0 Å². The maximum atomic E-state index is 13.6. The number of fused-ring (bicyclic) bond motifs is 2. The summed E-state index contributed by atoms with van der Waals surface area (Å²) in [5, 5.41) is 2.62. The number of likely N-dealkylation sites (N-methyl/N-ethyl adjacent to an activating group) is 1. The lowest BCUT2D eigenvalue weighted by atomic mass is 9.98. The zero-order valence-electron chi connectivity index (χ0n) is 24.1. The van der Waals surface area contributed by atoms with E-state index >= 15 is 0 Å². The summed E-state index contributed by atoms with van der Waals surface area (Å²) >= 11 is 12.5. The van der Waals surface area contributed by atoms with E-state index in [2.05, 4.69) is 29.0 Å². The SMILES string of the molecule is CCN(CC)CCN1CCCc2[nH]c(/C=C3\C(=O)NC4=CCC(S(=O)(=O)Cc5c(Cl)cccc5Cl)C=C43)c(C)c2C1=O. The van der Waals surface area contributed by atoms with Gasteiger partial charge in [0.15, 0.2) is 9.84 Å². The number of aromatic nitrogens is 1. The highest BCUT2D eigenvalue weighted by atomic mass is 35.5. The van der Waals surface area contributed by atoms with Gasteiger partial charge in [-0.25, -0.2) is 8.42 Å². The Morgan fingerprint density at radius 2 is 1.86 bits per heavy atom. The number of allylic oxidation sites excluding steroid dienone is 2. The Labute approximate surface area is 257 Å². The zero-order valence-corrected chi connectivity index (χ0v) is 26.4. The lowest BCUT2D eigenvalue weighted by Gasteiger charge is -2.25. The van der Waals surface area contributed by atoms with Crippen molar-refractivity contribution in [2.24, 2.45) is 0 Å². The van der Waals surface area contributed by atoms with Crippen molar-refractivity contribution >= 4 is 50.9 Å². The number of nitrogens with one attached hydrogen (secondary N) is 2. The molecule has 8 nitrogen and oxygen atoms in total. The zero-order chi connectivity index (χ0) is 30.2. The van der Waals surface area contributed by atoms with Gasteiger partial charge in [-0.2, -0.15) is 0 Å². The summed E-state index contributed by atoms with van der Waals surface area (Å²) in [6.45, 7) is 10.2. The second-order valence-corrected chi connectivity index (χ2v) is 14.0. The third-order valence-corrected chi connectivity index (χ3v) is 11.1. The van der Waals surface area contributed by atoms with Crippen molar-refractivity contribution in [3.63, 3.8) is 0 Å². The first kappa shape index (κ1) is 30.6. The Balaban J connectivity index is 1.43. The number of rotatable bonds is 9. The van der Waals surface area contributed by atoms with Gasteiger partial charge in [-0.15, -0.1) is 0 Å². The molecule has 1 saturated heterocycles. The predicted octanol–water partition coefficient (Wildman–Crippen LogP) is 5.07. The van der Waals surface area contributed by atoms with Gasteiger partial charge in [0, 0.05) is 57.9 Å². The van der Waals surface area contributed by atoms with E-state index in [9.17, 15) is 18.0 Å². The number of nitrogens with zero attached hydrogens (tertiary/aromatic N) is 2. The molecule has 1 atom stereocenters. The number of carbonyl (C=O) groups excluding carboxylic acids is 2. The molecule has 42 heavy (non-hydrogen) atoms. The number of halogens is 2. The second-order valence-electron chi connectivity index (χ2n) is 10.9. The van der Waals surface area contributed by atoms with Crippen LogP contribution in [0.25, 0.3) is 6.08 Å². The van der Waals surface area contributed by atoms with Crippen LogP contribution in [-0.2, 0) is 26.8 Å². The molecule has 2 amide bonds. The van der Waals surface area contributed by atoms with E-state index in [1.807, 2.05) is 11.8 Å². The molecule has 2 aliphatic heterocycles. The van der Waals surface area contributed by atoms with Crippen molar-refractivity contribution in [2.75, 3.05) is 32.7 Å². The Hall–Kier alpha value is -2.85. The van der Waals surface area contributed by atoms with Crippen molar-refractivity contribution in [2.45, 2.75) is 51.0 Å². The normalized spacial score (nSPS) is 19.9. The Bertz CT molecular complexity index is 1600. The molecule has 2 aromatic rings. The van der Waals surface area contributed by atoms with E-state index in [0.29, 0.717) is 56.8 Å². The van der Waals surface area contributed by atoms with E-state index in [-0.39, 0.29) is 24.0 Å². The van der Waals surface area contributed by atoms with Gasteiger partial charge in [-0.05, 0) is 63.0 Å². The monoisotopic (exact) mass is 630 g/mol. The van der Waals surface area contributed by atoms with Gasteiger partial charge in [0.05, 0.1) is 22.1 Å². The molecule has 224 valence electrons. The van der Waals surface area contributed by atoms with Gasteiger partial charge in [-0.1, -0.05) is 55.3 Å². The van der Waals surface area contributed by atoms with Crippen molar-refractivity contribution in [1.82, 2.24) is 20.1 Å². The number of amides is 2. The van der Waals surface area contributed by atoms with Crippen LogP contribution in [0.2, 0.25) is 10.0 Å².